The van der Waals surface area contributed by atoms with Gasteiger partial charge in [0.05, 0.1) is 30.5 Å². The van der Waals surface area contributed by atoms with Crippen molar-refractivity contribution in [3.05, 3.63) is 91.9 Å². The first-order valence-electron chi connectivity index (χ1n) is 15.9. The van der Waals surface area contributed by atoms with E-state index < -0.39 is 17.5 Å². The summed E-state index contributed by atoms with van der Waals surface area (Å²) in [5.41, 5.74) is 2.81. The van der Waals surface area contributed by atoms with Crippen molar-refractivity contribution in [3.63, 3.8) is 0 Å². The Morgan fingerprint density at radius 3 is 2.31 bits per heavy atom. The predicted molar refractivity (Wildman–Crippen MR) is 196 cm³/mol. The van der Waals surface area contributed by atoms with E-state index in [0.717, 1.165) is 34.5 Å². The number of nitrogens with one attached hydrogen (secondary N) is 1. The lowest BCUT2D eigenvalue weighted by Gasteiger charge is -2.41. The number of rotatable bonds is 5. The summed E-state index contributed by atoms with van der Waals surface area (Å²) in [6.07, 6.45) is 2.77. The summed E-state index contributed by atoms with van der Waals surface area (Å²) in [6.45, 7) is 8.44. The second-order valence-electron chi connectivity index (χ2n) is 12.6. The molecule has 0 aliphatic carbocycles. The molecule has 2 atom stereocenters. The van der Waals surface area contributed by atoms with Crippen molar-refractivity contribution < 1.29 is 23.5 Å². The zero-order chi connectivity index (χ0) is 37.3. The number of carbonyl (C=O) groups excluding carboxylic acids is 3. The van der Waals surface area contributed by atoms with Crippen molar-refractivity contribution in [2.24, 2.45) is 0 Å². The number of piperazine rings is 2. The van der Waals surface area contributed by atoms with Crippen LogP contribution in [-0.4, -0.2) is 87.4 Å². The Morgan fingerprint density at radius 2 is 1.69 bits per heavy atom. The summed E-state index contributed by atoms with van der Waals surface area (Å²) >= 11 is 21.4. The van der Waals surface area contributed by atoms with Crippen LogP contribution in [0.25, 0.3) is 11.4 Å². The second-order valence-corrected chi connectivity index (χ2v) is 14.6. The van der Waals surface area contributed by atoms with E-state index in [4.69, 9.17) is 44.8 Å². The minimum absolute atomic E-state index is 0.0800. The molecular formula is C35H36BrCl3FN7O4. The van der Waals surface area contributed by atoms with Gasteiger partial charge in [0, 0.05) is 71.0 Å². The Kier molecular flexibility index (Phi) is 14.2. The fraction of sp³-hybridized carbons (Fsp3) is 0.371. The standard InChI is InChI=1S/C20H16Cl2FN5O2.C15H20BrClN2O2/c21-3-1-18(29)27-5-6-28(19(30)2-4-24)17(12-27)13-7-14(9-15(22)8-13)20-25-10-16(23)11-26-20;1-15(2,3)21-14(20)19-5-4-18-9-13(19)10-6-11(16)8-12(17)7-10/h1,3,7-11,17H,2,5-6,12H2;6-8,13,18H,4-5,9H2,1-3H3/b3-1-;/t17-;13-/m00/s1. The average molecular weight is 824 g/mol. The molecule has 2 saturated heterocycles. The normalized spacial score (nSPS) is 17.7. The van der Waals surface area contributed by atoms with Crippen LogP contribution in [0.4, 0.5) is 9.18 Å². The number of amides is 3. The minimum Gasteiger partial charge on any atom is -0.444 e. The molecular weight excluding hydrogens is 788 g/mol. The summed E-state index contributed by atoms with van der Waals surface area (Å²) in [6, 6.07) is 12.0. The molecule has 2 aliphatic heterocycles. The molecule has 2 aliphatic rings. The molecule has 1 aromatic heterocycles. The van der Waals surface area contributed by atoms with Crippen molar-refractivity contribution in [2.75, 3.05) is 39.3 Å². The smallest absolute Gasteiger partial charge is 0.410 e. The number of nitriles is 1. The number of hydrogen-bond acceptors (Lipinski definition) is 8. The van der Waals surface area contributed by atoms with Gasteiger partial charge in [-0.05, 0) is 68.3 Å². The molecule has 0 saturated carbocycles. The lowest BCUT2D eigenvalue weighted by Crippen LogP contribution is -2.52. The first kappa shape index (κ1) is 40.0. The maximum absolute atomic E-state index is 13.2. The molecule has 3 heterocycles. The monoisotopic (exact) mass is 821 g/mol. The van der Waals surface area contributed by atoms with E-state index in [0.29, 0.717) is 40.8 Å². The van der Waals surface area contributed by atoms with Crippen LogP contribution in [-0.2, 0) is 14.3 Å². The van der Waals surface area contributed by atoms with Gasteiger partial charge in [-0.1, -0.05) is 50.7 Å². The molecule has 3 aromatic rings. The first-order valence-corrected chi connectivity index (χ1v) is 17.8. The number of aromatic nitrogens is 2. The minimum atomic E-state index is -0.567. The van der Waals surface area contributed by atoms with E-state index in [1.807, 2.05) is 45.0 Å². The average Bonchev–Trinajstić information content (AvgIpc) is 3.07. The molecule has 51 heavy (non-hydrogen) atoms. The van der Waals surface area contributed by atoms with Crippen LogP contribution in [0.3, 0.4) is 0 Å². The summed E-state index contributed by atoms with van der Waals surface area (Å²) in [5.74, 6) is -0.930. The third kappa shape index (κ3) is 11.3. The molecule has 0 radical (unpaired) electrons. The van der Waals surface area contributed by atoms with Gasteiger partial charge in [-0.3, -0.25) is 14.5 Å². The van der Waals surface area contributed by atoms with E-state index >= 15 is 0 Å². The Hall–Kier alpha value is -3.80. The summed E-state index contributed by atoms with van der Waals surface area (Å²) < 4.78 is 19.6. The molecule has 0 spiro atoms. The van der Waals surface area contributed by atoms with E-state index in [-0.39, 0.29) is 49.3 Å². The van der Waals surface area contributed by atoms with Gasteiger partial charge in [0.25, 0.3) is 0 Å². The lowest BCUT2D eigenvalue weighted by molar-refractivity contribution is -0.140. The number of halogens is 5. The highest BCUT2D eigenvalue weighted by atomic mass is 79.9. The van der Waals surface area contributed by atoms with Crippen LogP contribution in [0.15, 0.2) is 64.9 Å². The van der Waals surface area contributed by atoms with E-state index in [9.17, 15) is 18.8 Å². The van der Waals surface area contributed by atoms with Crippen molar-refractivity contribution in [3.8, 4) is 17.5 Å². The van der Waals surface area contributed by atoms with Gasteiger partial charge in [0.2, 0.25) is 11.8 Å². The number of benzene rings is 2. The van der Waals surface area contributed by atoms with Crippen molar-refractivity contribution >= 4 is 68.6 Å². The maximum Gasteiger partial charge on any atom is 0.410 e. The molecule has 1 N–H and O–H groups in total. The Balaban J connectivity index is 0.000000244. The molecule has 2 aromatic carbocycles. The van der Waals surface area contributed by atoms with E-state index in [1.165, 1.54) is 6.08 Å². The molecule has 3 amide bonds. The SMILES string of the molecule is CC(C)(C)OC(=O)N1CCNC[C@H]1c1cc(Cl)cc(Br)c1.N#CCC(=O)N1CCN(C(=O)/C=C\Cl)C[C@H]1c1cc(Cl)cc(-c2ncc(F)cn2)c1. The second kappa shape index (κ2) is 18.1. The third-order valence-corrected chi connectivity index (χ3v) is 8.79. The first-order chi connectivity index (χ1) is 24.2. The number of nitrogens with zero attached hydrogens (tertiary/aromatic N) is 6. The van der Waals surface area contributed by atoms with Gasteiger partial charge in [-0.15, -0.1) is 0 Å². The van der Waals surface area contributed by atoms with Gasteiger partial charge in [0.15, 0.2) is 11.6 Å². The van der Waals surface area contributed by atoms with Crippen molar-refractivity contribution in [1.82, 2.24) is 30.0 Å². The number of carbonyl (C=O) groups is 3. The number of hydrogen-bond donors (Lipinski definition) is 1. The Morgan fingerprint density at radius 1 is 1.02 bits per heavy atom. The van der Waals surface area contributed by atoms with Crippen LogP contribution in [0.1, 0.15) is 50.4 Å². The van der Waals surface area contributed by atoms with Crippen LogP contribution < -0.4 is 5.32 Å². The zero-order valence-corrected chi connectivity index (χ0v) is 31.9. The highest BCUT2D eigenvalue weighted by Crippen LogP contribution is 2.32. The molecule has 5 rings (SSSR count). The molecule has 2 fully saturated rings. The number of ether oxygens (including phenoxy) is 1. The molecule has 0 unspecified atom stereocenters. The van der Waals surface area contributed by atoms with Gasteiger partial charge in [-0.25, -0.2) is 19.2 Å². The maximum atomic E-state index is 13.2. The fourth-order valence-corrected chi connectivity index (χ4v) is 6.84. The summed E-state index contributed by atoms with van der Waals surface area (Å²) in [7, 11) is 0. The molecule has 0 bridgehead atoms. The molecule has 16 heteroatoms. The van der Waals surface area contributed by atoms with Crippen LogP contribution in [0.2, 0.25) is 10.0 Å². The van der Waals surface area contributed by atoms with Crippen LogP contribution in [0, 0.1) is 17.1 Å². The quantitative estimate of drug-likeness (QED) is 0.266. The topological polar surface area (TPSA) is 132 Å². The highest BCUT2D eigenvalue weighted by Gasteiger charge is 2.34. The molecule has 11 nitrogen and oxygen atoms in total. The largest absolute Gasteiger partial charge is 0.444 e. The van der Waals surface area contributed by atoms with Crippen molar-refractivity contribution in [2.45, 2.75) is 44.9 Å². The van der Waals surface area contributed by atoms with Crippen LogP contribution >= 0.6 is 50.7 Å². The fourth-order valence-electron chi connectivity index (χ4n) is 5.60. The van der Waals surface area contributed by atoms with Gasteiger partial charge >= 0.3 is 6.09 Å². The molecule has 270 valence electrons. The van der Waals surface area contributed by atoms with Gasteiger partial charge in [-0.2, -0.15) is 5.26 Å². The van der Waals surface area contributed by atoms with Crippen LogP contribution in [0.5, 0.6) is 0 Å². The summed E-state index contributed by atoms with van der Waals surface area (Å²) in [5, 5.41) is 13.3. The third-order valence-electron chi connectivity index (χ3n) is 7.77. The zero-order valence-electron chi connectivity index (χ0n) is 28.1. The Bertz CT molecular complexity index is 1780. The predicted octanol–water partition coefficient (Wildman–Crippen LogP) is 7.30. The van der Waals surface area contributed by atoms with Crippen molar-refractivity contribution in [1.29, 1.82) is 5.26 Å². The van der Waals surface area contributed by atoms with E-state index in [2.05, 4.69) is 31.2 Å². The van der Waals surface area contributed by atoms with E-state index in [1.54, 1.807) is 32.9 Å². The highest BCUT2D eigenvalue weighted by molar-refractivity contribution is 9.10. The lowest BCUT2D eigenvalue weighted by atomic mass is 9.99. The Labute approximate surface area is 319 Å². The van der Waals surface area contributed by atoms with Gasteiger partial charge in [0.1, 0.15) is 12.0 Å². The summed E-state index contributed by atoms with van der Waals surface area (Å²) in [4.78, 5) is 50.0. The van der Waals surface area contributed by atoms with Gasteiger partial charge < -0.3 is 19.9 Å².